The monoisotopic (exact) mass is 237 g/mol. The van der Waals surface area contributed by atoms with Crippen LogP contribution in [0.1, 0.15) is 5.56 Å². The normalized spacial score (nSPS) is 10.4. The molecule has 5 nitrogen and oxygen atoms in total. The van der Waals surface area contributed by atoms with Gasteiger partial charge in [0.1, 0.15) is 5.75 Å². The van der Waals surface area contributed by atoms with Crippen LogP contribution in [0.2, 0.25) is 0 Å². The van der Waals surface area contributed by atoms with Gasteiger partial charge in [0.2, 0.25) is 5.91 Å². The average molecular weight is 237 g/mol. The third-order valence-electron chi connectivity index (χ3n) is 2.22. The number of anilines is 1. The molecule has 1 amide bonds. The summed E-state index contributed by atoms with van der Waals surface area (Å²) in [4.78, 5) is 13.3. The quantitative estimate of drug-likeness (QED) is 0.789. The van der Waals surface area contributed by atoms with Crippen LogP contribution in [0.15, 0.2) is 18.2 Å². The third kappa shape index (κ3) is 4.05. The highest BCUT2D eigenvalue weighted by molar-refractivity contribution is 5.93. The van der Waals surface area contributed by atoms with Crippen molar-refractivity contribution in [1.29, 1.82) is 0 Å². The van der Waals surface area contributed by atoms with Gasteiger partial charge in [-0.1, -0.05) is 6.07 Å². The molecule has 0 aliphatic rings. The van der Waals surface area contributed by atoms with Crippen LogP contribution in [0, 0.1) is 0 Å². The number of ether oxygens (including phenoxy) is 1. The molecular weight excluding hydrogens is 218 g/mol. The molecular formula is C12H19N3O2. The minimum Gasteiger partial charge on any atom is -0.495 e. The number of methoxy groups -OCH3 is 1. The lowest BCUT2D eigenvalue weighted by atomic mass is 10.1. The number of hydrogen-bond acceptors (Lipinski definition) is 4. The standard InChI is InChI=1S/C12H19N3O2/c1-15(2)8-9-4-5-11(17-3)10(6-9)14-12(16)7-13/h4-6H,7-8,13H2,1-3H3,(H,14,16). The number of rotatable bonds is 5. The summed E-state index contributed by atoms with van der Waals surface area (Å²) in [5.41, 5.74) is 7.02. The van der Waals surface area contributed by atoms with Crippen LogP contribution >= 0.6 is 0 Å². The number of nitrogens with one attached hydrogen (secondary N) is 1. The number of hydrogen-bond donors (Lipinski definition) is 2. The molecule has 0 unspecified atom stereocenters. The second-order valence-electron chi connectivity index (χ2n) is 4.02. The summed E-state index contributed by atoms with van der Waals surface area (Å²) in [7, 11) is 5.55. The van der Waals surface area contributed by atoms with Crippen molar-refractivity contribution in [2.24, 2.45) is 5.73 Å². The number of nitrogens with two attached hydrogens (primary N) is 1. The predicted molar refractivity (Wildman–Crippen MR) is 68.1 cm³/mol. The average Bonchev–Trinajstić information content (AvgIpc) is 2.28. The minimum atomic E-state index is -0.231. The van der Waals surface area contributed by atoms with Crippen LogP contribution in [0.4, 0.5) is 5.69 Å². The van der Waals surface area contributed by atoms with Crippen molar-refractivity contribution in [2.75, 3.05) is 33.1 Å². The summed E-state index contributed by atoms with van der Waals surface area (Å²) in [6.07, 6.45) is 0. The molecule has 0 saturated carbocycles. The zero-order valence-electron chi connectivity index (χ0n) is 10.5. The smallest absolute Gasteiger partial charge is 0.238 e. The molecule has 0 radical (unpaired) electrons. The number of amides is 1. The van der Waals surface area contributed by atoms with E-state index in [2.05, 4.69) is 10.2 Å². The van der Waals surface area contributed by atoms with Crippen molar-refractivity contribution in [1.82, 2.24) is 4.90 Å². The Morgan fingerprint density at radius 2 is 2.18 bits per heavy atom. The minimum absolute atomic E-state index is 0.0406. The van der Waals surface area contributed by atoms with Gasteiger partial charge in [-0.15, -0.1) is 0 Å². The predicted octanol–water partition coefficient (Wildman–Crippen LogP) is 0.654. The van der Waals surface area contributed by atoms with Gasteiger partial charge >= 0.3 is 0 Å². The van der Waals surface area contributed by atoms with Crippen molar-refractivity contribution in [3.8, 4) is 5.75 Å². The van der Waals surface area contributed by atoms with E-state index < -0.39 is 0 Å². The lowest BCUT2D eigenvalue weighted by molar-refractivity contribution is -0.114. The Kier molecular flexibility index (Phi) is 4.93. The lowest BCUT2D eigenvalue weighted by Crippen LogP contribution is -2.22. The van der Waals surface area contributed by atoms with Gasteiger partial charge in [-0.25, -0.2) is 0 Å². The maximum absolute atomic E-state index is 11.3. The van der Waals surface area contributed by atoms with E-state index in [-0.39, 0.29) is 12.5 Å². The largest absolute Gasteiger partial charge is 0.495 e. The fraction of sp³-hybridized carbons (Fsp3) is 0.417. The van der Waals surface area contributed by atoms with Crippen LogP contribution in [0.25, 0.3) is 0 Å². The van der Waals surface area contributed by atoms with Gasteiger partial charge in [0.25, 0.3) is 0 Å². The van der Waals surface area contributed by atoms with Crippen molar-refractivity contribution in [3.63, 3.8) is 0 Å². The fourth-order valence-corrected chi connectivity index (χ4v) is 1.52. The molecule has 0 fully saturated rings. The number of carbonyl (C=O) groups is 1. The van der Waals surface area contributed by atoms with E-state index >= 15 is 0 Å². The molecule has 0 aliphatic carbocycles. The number of carbonyl (C=O) groups excluding carboxylic acids is 1. The molecule has 0 aromatic heterocycles. The Bertz CT molecular complexity index is 391. The molecule has 3 N–H and O–H groups in total. The molecule has 0 bridgehead atoms. The van der Waals surface area contributed by atoms with E-state index in [4.69, 9.17) is 10.5 Å². The Morgan fingerprint density at radius 1 is 1.47 bits per heavy atom. The first-order valence-corrected chi connectivity index (χ1v) is 5.38. The summed E-state index contributed by atoms with van der Waals surface area (Å²) in [5.74, 6) is 0.402. The van der Waals surface area contributed by atoms with E-state index in [1.165, 1.54) is 0 Å². The van der Waals surface area contributed by atoms with Gasteiger partial charge in [0.15, 0.2) is 0 Å². The SMILES string of the molecule is COc1ccc(CN(C)C)cc1NC(=O)CN. The molecule has 0 atom stereocenters. The van der Waals surface area contributed by atoms with Crippen LogP contribution in [-0.4, -0.2) is 38.6 Å². The molecule has 94 valence electrons. The molecule has 0 heterocycles. The van der Waals surface area contributed by atoms with Gasteiger partial charge < -0.3 is 20.7 Å². The van der Waals surface area contributed by atoms with Crippen LogP contribution in [0.3, 0.4) is 0 Å². The summed E-state index contributed by atoms with van der Waals surface area (Å²) in [6, 6.07) is 5.70. The van der Waals surface area contributed by atoms with Crippen molar-refractivity contribution < 1.29 is 9.53 Å². The lowest BCUT2D eigenvalue weighted by Gasteiger charge is -2.14. The summed E-state index contributed by atoms with van der Waals surface area (Å²) >= 11 is 0. The van der Waals surface area contributed by atoms with Crippen molar-refractivity contribution >= 4 is 11.6 Å². The fourth-order valence-electron chi connectivity index (χ4n) is 1.52. The zero-order valence-corrected chi connectivity index (χ0v) is 10.5. The van der Waals surface area contributed by atoms with Crippen LogP contribution in [-0.2, 0) is 11.3 Å². The maximum atomic E-state index is 11.3. The van der Waals surface area contributed by atoms with Gasteiger partial charge in [-0.2, -0.15) is 0 Å². The Morgan fingerprint density at radius 3 is 2.71 bits per heavy atom. The highest BCUT2D eigenvalue weighted by atomic mass is 16.5. The molecule has 17 heavy (non-hydrogen) atoms. The first-order valence-electron chi connectivity index (χ1n) is 5.38. The molecule has 0 aliphatic heterocycles. The molecule has 0 saturated heterocycles. The Labute approximate surface area is 102 Å². The molecule has 5 heteroatoms. The van der Waals surface area contributed by atoms with Crippen LogP contribution in [0.5, 0.6) is 5.75 Å². The maximum Gasteiger partial charge on any atom is 0.238 e. The van der Waals surface area contributed by atoms with Gasteiger partial charge in [-0.05, 0) is 31.8 Å². The number of nitrogens with zero attached hydrogens (tertiary/aromatic N) is 1. The first kappa shape index (κ1) is 13.5. The highest BCUT2D eigenvalue weighted by Crippen LogP contribution is 2.25. The van der Waals surface area contributed by atoms with E-state index in [1.807, 2.05) is 32.3 Å². The van der Waals surface area contributed by atoms with Gasteiger partial charge in [-0.3, -0.25) is 4.79 Å². The number of benzene rings is 1. The zero-order chi connectivity index (χ0) is 12.8. The van der Waals surface area contributed by atoms with E-state index in [1.54, 1.807) is 7.11 Å². The second-order valence-corrected chi connectivity index (χ2v) is 4.02. The Hall–Kier alpha value is -1.59. The summed E-state index contributed by atoms with van der Waals surface area (Å²) in [5, 5.41) is 2.72. The highest BCUT2D eigenvalue weighted by Gasteiger charge is 2.07. The van der Waals surface area contributed by atoms with Crippen molar-refractivity contribution in [3.05, 3.63) is 23.8 Å². The second kappa shape index (κ2) is 6.22. The van der Waals surface area contributed by atoms with E-state index in [0.29, 0.717) is 11.4 Å². The van der Waals surface area contributed by atoms with E-state index in [9.17, 15) is 4.79 Å². The topological polar surface area (TPSA) is 67.6 Å². The van der Waals surface area contributed by atoms with Gasteiger partial charge in [0, 0.05) is 6.54 Å². The summed E-state index contributed by atoms with van der Waals surface area (Å²) < 4.78 is 5.18. The molecule has 1 aromatic carbocycles. The molecule has 1 rings (SSSR count). The summed E-state index contributed by atoms with van der Waals surface area (Å²) in [6.45, 7) is 0.760. The van der Waals surface area contributed by atoms with Gasteiger partial charge in [0.05, 0.1) is 19.3 Å². The van der Waals surface area contributed by atoms with Crippen molar-refractivity contribution in [2.45, 2.75) is 6.54 Å². The first-order chi connectivity index (χ1) is 8.06. The Balaban J connectivity index is 2.93. The van der Waals surface area contributed by atoms with Crippen LogP contribution < -0.4 is 15.8 Å². The third-order valence-corrected chi connectivity index (χ3v) is 2.22. The van der Waals surface area contributed by atoms with E-state index in [0.717, 1.165) is 12.1 Å². The molecule has 0 spiro atoms. The molecule has 1 aromatic rings.